The second-order valence-electron chi connectivity index (χ2n) is 8.42. The van der Waals surface area contributed by atoms with Crippen molar-refractivity contribution in [1.82, 2.24) is 30.5 Å². The van der Waals surface area contributed by atoms with Crippen molar-refractivity contribution in [3.63, 3.8) is 0 Å². The van der Waals surface area contributed by atoms with Gasteiger partial charge in [0.25, 0.3) is 0 Å². The predicted molar refractivity (Wildman–Crippen MR) is 162 cm³/mol. The first-order chi connectivity index (χ1) is 18.6. The molecule has 0 aliphatic rings. The van der Waals surface area contributed by atoms with Gasteiger partial charge in [0.15, 0.2) is 5.65 Å². The van der Waals surface area contributed by atoms with Gasteiger partial charge in [-0.25, -0.2) is 4.98 Å². The van der Waals surface area contributed by atoms with Gasteiger partial charge in [0, 0.05) is 52.9 Å². The van der Waals surface area contributed by atoms with Crippen LogP contribution < -0.4 is 5.32 Å². The highest BCUT2D eigenvalue weighted by Gasteiger charge is 2.16. The number of aryl methyl sites for hydroxylation is 1. The van der Waals surface area contributed by atoms with Crippen molar-refractivity contribution in [2.24, 2.45) is 0 Å². The molecule has 6 nitrogen and oxygen atoms in total. The minimum Gasteiger partial charge on any atom is -0.357 e. The fourth-order valence-electron chi connectivity index (χ4n) is 4.20. The van der Waals surface area contributed by atoms with Crippen LogP contribution in [0.1, 0.15) is 50.1 Å². The van der Waals surface area contributed by atoms with Gasteiger partial charge in [-0.3, -0.25) is 10.1 Å². The number of rotatable bonds is 10. The Labute approximate surface area is 226 Å². The van der Waals surface area contributed by atoms with Crippen molar-refractivity contribution >= 4 is 22.2 Å². The third-order valence-electron chi connectivity index (χ3n) is 6.07. The Kier molecular flexibility index (Phi) is 10.3. The Morgan fingerprint density at radius 2 is 1.95 bits per heavy atom. The van der Waals surface area contributed by atoms with Gasteiger partial charge in [-0.2, -0.15) is 5.10 Å². The molecule has 0 aliphatic carbocycles. The third-order valence-corrected chi connectivity index (χ3v) is 6.07. The van der Waals surface area contributed by atoms with E-state index in [-0.39, 0.29) is 0 Å². The maximum absolute atomic E-state index is 4.63. The summed E-state index contributed by atoms with van der Waals surface area (Å²) in [7, 11) is 0. The highest BCUT2D eigenvalue weighted by Crippen LogP contribution is 2.33. The van der Waals surface area contributed by atoms with Crippen LogP contribution in [0, 0.1) is 6.92 Å². The lowest BCUT2D eigenvalue weighted by Gasteiger charge is -2.07. The average Bonchev–Trinajstić information content (AvgIpc) is 3.56. The monoisotopic (exact) mass is 506 g/mol. The minimum atomic E-state index is 0.674. The van der Waals surface area contributed by atoms with Gasteiger partial charge in [-0.15, -0.1) is 0 Å². The van der Waals surface area contributed by atoms with Crippen LogP contribution in [0.3, 0.4) is 0 Å². The summed E-state index contributed by atoms with van der Waals surface area (Å²) in [6.07, 6.45) is 15.4. The summed E-state index contributed by atoms with van der Waals surface area (Å²) >= 11 is 0. The van der Waals surface area contributed by atoms with Crippen molar-refractivity contribution in [2.75, 3.05) is 13.1 Å². The molecule has 0 fully saturated rings. The van der Waals surface area contributed by atoms with Crippen LogP contribution in [-0.4, -0.2) is 38.2 Å². The van der Waals surface area contributed by atoms with E-state index in [2.05, 4.69) is 87.8 Å². The van der Waals surface area contributed by atoms with Crippen molar-refractivity contribution in [2.45, 2.75) is 34.6 Å². The number of H-pyrrole nitrogens is 2. The smallest absolute Gasteiger partial charge is 0.181 e. The lowest BCUT2D eigenvalue weighted by atomic mass is 9.98. The van der Waals surface area contributed by atoms with E-state index in [0.29, 0.717) is 5.65 Å². The molecule has 0 atom stereocenters. The number of hydrogen-bond acceptors (Lipinski definition) is 4. The lowest BCUT2D eigenvalue weighted by Crippen LogP contribution is -2.15. The fraction of sp³-hybridized carbons (Fsp3) is 0.219. The number of aromatic nitrogens is 5. The molecule has 3 N–H and O–H groups in total. The molecule has 0 spiro atoms. The maximum atomic E-state index is 4.63. The summed E-state index contributed by atoms with van der Waals surface area (Å²) in [4.78, 5) is 12.5. The van der Waals surface area contributed by atoms with Crippen molar-refractivity contribution < 1.29 is 0 Å². The molecule has 4 rings (SSSR count). The van der Waals surface area contributed by atoms with Crippen LogP contribution >= 0.6 is 0 Å². The van der Waals surface area contributed by atoms with Gasteiger partial charge >= 0.3 is 0 Å². The molecule has 0 aromatic carbocycles. The fourth-order valence-corrected chi connectivity index (χ4v) is 4.20. The molecule has 0 amide bonds. The van der Waals surface area contributed by atoms with E-state index in [4.69, 9.17) is 0 Å². The minimum absolute atomic E-state index is 0.674. The molecule has 0 aliphatic heterocycles. The molecule has 0 saturated heterocycles. The molecule has 6 heteroatoms. The zero-order chi connectivity index (χ0) is 27.5. The normalized spacial score (nSPS) is 12.3. The van der Waals surface area contributed by atoms with Gasteiger partial charge in [-0.1, -0.05) is 70.4 Å². The van der Waals surface area contributed by atoms with E-state index in [0.717, 1.165) is 69.0 Å². The highest BCUT2D eigenvalue weighted by molar-refractivity contribution is 5.94. The molecule has 0 saturated carbocycles. The number of aromatic amines is 2. The third kappa shape index (κ3) is 6.33. The topological polar surface area (TPSA) is 82.3 Å². The molecule has 4 heterocycles. The second kappa shape index (κ2) is 13.9. The van der Waals surface area contributed by atoms with Crippen LogP contribution in [0.2, 0.25) is 0 Å². The van der Waals surface area contributed by atoms with Gasteiger partial charge in [-0.05, 0) is 55.3 Å². The first-order valence-corrected chi connectivity index (χ1v) is 13.1. The predicted octanol–water partition coefficient (Wildman–Crippen LogP) is 7.43. The van der Waals surface area contributed by atoms with Crippen LogP contribution in [0.5, 0.6) is 0 Å². The Bertz CT molecular complexity index is 1460. The zero-order valence-electron chi connectivity index (χ0n) is 23.1. The van der Waals surface area contributed by atoms with E-state index in [1.807, 2.05) is 51.4 Å². The number of nitrogens with one attached hydrogen (secondary N) is 3. The highest BCUT2D eigenvalue weighted by atomic mass is 15.2. The Balaban J connectivity index is 0.00000195. The van der Waals surface area contributed by atoms with E-state index >= 15 is 0 Å². The molecule has 196 valence electrons. The van der Waals surface area contributed by atoms with Crippen LogP contribution in [0.4, 0.5) is 0 Å². The lowest BCUT2D eigenvalue weighted by molar-refractivity contribution is 0.785. The van der Waals surface area contributed by atoms with Crippen LogP contribution in [0.15, 0.2) is 92.0 Å². The van der Waals surface area contributed by atoms with Crippen molar-refractivity contribution in [3.05, 3.63) is 114 Å². The number of likely N-dealkylation sites (N-methyl/N-ethyl adjacent to an activating group) is 1. The second-order valence-corrected chi connectivity index (χ2v) is 8.42. The summed E-state index contributed by atoms with van der Waals surface area (Å²) in [5, 5.41) is 12.0. The first kappa shape index (κ1) is 28.3. The van der Waals surface area contributed by atoms with Gasteiger partial charge in [0.1, 0.15) is 0 Å². The molecule has 4 aromatic rings. The number of hydrogen-bond donors (Lipinski definition) is 3. The number of fused-ring (bicyclic) bond motifs is 1. The SMILES string of the molecule is C=C/C=C(/c1cccnc1)c1cc(-c2[nH]nc3ncc(C(/C=C(\C=C)CNCC)=C/C)cc23)[nH]c1C.CC. The molecular weight excluding hydrogens is 468 g/mol. The van der Waals surface area contributed by atoms with Gasteiger partial charge < -0.3 is 10.3 Å². The quantitative estimate of drug-likeness (QED) is 0.195. The Morgan fingerprint density at radius 3 is 2.61 bits per heavy atom. The summed E-state index contributed by atoms with van der Waals surface area (Å²) in [6, 6.07) is 8.27. The molecule has 38 heavy (non-hydrogen) atoms. The molecule has 4 aromatic heterocycles. The van der Waals surface area contributed by atoms with Crippen LogP contribution in [-0.2, 0) is 0 Å². The maximum Gasteiger partial charge on any atom is 0.181 e. The molecular formula is C32H38N6. The van der Waals surface area contributed by atoms with Gasteiger partial charge in [0.05, 0.1) is 11.4 Å². The van der Waals surface area contributed by atoms with E-state index in [9.17, 15) is 0 Å². The van der Waals surface area contributed by atoms with E-state index in [1.165, 1.54) is 0 Å². The largest absolute Gasteiger partial charge is 0.357 e. The van der Waals surface area contributed by atoms with Gasteiger partial charge in [0.2, 0.25) is 0 Å². The van der Waals surface area contributed by atoms with Crippen molar-refractivity contribution in [1.29, 1.82) is 0 Å². The zero-order valence-corrected chi connectivity index (χ0v) is 23.1. The van der Waals surface area contributed by atoms with E-state index < -0.39 is 0 Å². The summed E-state index contributed by atoms with van der Waals surface area (Å²) in [5.41, 5.74) is 9.96. The summed E-state index contributed by atoms with van der Waals surface area (Å²) in [5.74, 6) is 0. The number of pyridine rings is 2. The molecule has 0 radical (unpaired) electrons. The Morgan fingerprint density at radius 1 is 1.13 bits per heavy atom. The summed E-state index contributed by atoms with van der Waals surface area (Å²) < 4.78 is 0. The first-order valence-electron chi connectivity index (χ1n) is 13.1. The standard InChI is InChI=1S/C30H32N6.C2H6/c1-6-11-25(23-12-10-13-32-18-23)26-16-28(34-20(26)5)29-27-15-24(19-33-30(27)36-35-29)22(8-3)14-21(7-2)17-31-9-4;1-2/h6-8,10-16,18-19,31,34H,1-2,9,17H2,3-5H3,(H,33,35,36);1-2H3/b21-14+,22-8+,25-11-;. The average molecular weight is 507 g/mol. The van der Waals surface area contributed by atoms with Crippen LogP contribution in [0.25, 0.3) is 33.6 Å². The Hall–Kier alpha value is -4.29. The molecule has 0 unspecified atom stereocenters. The molecule has 0 bridgehead atoms. The van der Waals surface area contributed by atoms with E-state index in [1.54, 1.807) is 12.3 Å². The van der Waals surface area contributed by atoms with Crippen molar-refractivity contribution in [3.8, 4) is 11.4 Å². The number of nitrogens with zero attached hydrogens (tertiary/aromatic N) is 3. The summed E-state index contributed by atoms with van der Waals surface area (Å²) in [6.45, 7) is 19.7. The number of allylic oxidation sites excluding steroid dienone is 5.